The zero-order valence-electron chi connectivity index (χ0n) is 10.6. The largest absolute Gasteiger partial charge is 0.497 e. The molecule has 3 rings (SSSR count). The second kappa shape index (κ2) is 4.28. The maximum absolute atomic E-state index is 11.6. The van der Waals surface area contributed by atoms with E-state index in [1.54, 1.807) is 14.0 Å². The molecule has 0 aromatic heterocycles. The molecule has 18 heavy (non-hydrogen) atoms. The van der Waals surface area contributed by atoms with Crippen LogP contribution in [0, 0.1) is 0 Å². The van der Waals surface area contributed by atoms with Crippen LogP contribution in [0.5, 0.6) is 5.75 Å². The molecular weight excluding hydrogens is 230 g/mol. The third-order valence-corrected chi connectivity index (χ3v) is 3.79. The van der Waals surface area contributed by atoms with E-state index in [0.29, 0.717) is 0 Å². The van der Waals surface area contributed by atoms with Gasteiger partial charge in [-0.3, -0.25) is 4.79 Å². The molecule has 2 heterocycles. The van der Waals surface area contributed by atoms with Crippen LogP contribution in [0.1, 0.15) is 12.5 Å². The van der Waals surface area contributed by atoms with Crippen LogP contribution in [-0.4, -0.2) is 42.7 Å². The first-order chi connectivity index (χ1) is 8.69. The summed E-state index contributed by atoms with van der Waals surface area (Å²) in [5.41, 5.74) is 1.21. The Morgan fingerprint density at radius 2 is 2.17 bits per heavy atom. The van der Waals surface area contributed by atoms with Gasteiger partial charge in [0, 0.05) is 13.5 Å². The SMILES string of the molecule is COc1ccc(C[C@@H]2C3OC3CN2C(C)=O)cc1. The Balaban J connectivity index is 1.72. The Kier molecular flexibility index (Phi) is 2.74. The number of methoxy groups -OCH3 is 1. The number of carbonyl (C=O) groups is 1. The Hall–Kier alpha value is -1.55. The number of carbonyl (C=O) groups excluding carboxylic acids is 1. The number of morpholine rings is 1. The summed E-state index contributed by atoms with van der Waals surface area (Å²) < 4.78 is 10.7. The van der Waals surface area contributed by atoms with Gasteiger partial charge < -0.3 is 14.4 Å². The molecule has 1 aromatic carbocycles. The molecule has 4 nitrogen and oxygen atoms in total. The Morgan fingerprint density at radius 1 is 1.44 bits per heavy atom. The first-order valence-corrected chi connectivity index (χ1v) is 6.24. The fourth-order valence-electron chi connectivity index (χ4n) is 2.74. The topological polar surface area (TPSA) is 42.1 Å². The molecule has 0 radical (unpaired) electrons. The van der Waals surface area contributed by atoms with E-state index in [1.165, 1.54) is 5.56 Å². The van der Waals surface area contributed by atoms with Gasteiger partial charge in [0.25, 0.3) is 0 Å². The number of fused-ring (bicyclic) bond motifs is 1. The molecule has 2 saturated heterocycles. The van der Waals surface area contributed by atoms with Gasteiger partial charge in [0.05, 0.1) is 13.2 Å². The minimum atomic E-state index is 0.143. The van der Waals surface area contributed by atoms with Gasteiger partial charge >= 0.3 is 0 Å². The van der Waals surface area contributed by atoms with Gasteiger partial charge in [0.1, 0.15) is 18.0 Å². The molecule has 3 atom stereocenters. The summed E-state index contributed by atoms with van der Waals surface area (Å²) >= 11 is 0. The maximum atomic E-state index is 11.6. The van der Waals surface area contributed by atoms with Crippen molar-refractivity contribution in [1.82, 2.24) is 4.90 Å². The fraction of sp³-hybridized carbons (Fsp3) is 0.500. The van der Waals surface area contributed by atoms with E-state index in [1.807, 2.05) is 29.2 Å². The Bertz CT molecular complexity index is 457. The molecule has 4 heteroatoms. The molecule has 1 aromatic rings. The van der Waals surface area contributed by atoms with Crippen LogP contribution in [0.2, 0.25) is 0 Å². The third kappa shape index (κ3) is 1.97. The van der Waals surface area contributed by atoms with Crippen LogP contribution in [-0.2, 0) is 16.0 Å². The molecular formula is C14H17NO3. The number of hydrogen-bond donors (Lipinski definition) is 0. The number of benzene rings is 1. The highest BCUT2D eigenvalue weighted by Gasteiger charge is 2.55. The van der Waals surface area contributed by atoms with Crippen LogP contribution in [0.3, 0.4) is 0 Å². The third-order valence-electron chi connectivity index (χ3n) is 3.79. The molecule has 2 fully saturated rings. The van der Waals surface area contributed by atoms with Gasteiger partial charge in [-0.15, -0.1) is 0 Å². The number of epoxide rings is 1. The predicted octanol–water partition coefficient (Wildman–Crippen LogP) is 1.24. The maximum Gasteiger partial charge on any atom is 0.219 e. The molecule has 96 valence electrons. The smallest absolute Gasteiger partial charge is 0.219 e. The molecule has 1 amide bonds. The van der Waals surface area contributed by atoms with Gasteiger partial charge in [-0.05, 0) is 24.1 Å². The molecule has 2 aliphatic rings. The van der Waals surface area contributed by atoms with Crippen molar-refractivity contribution in [3.63, 3.8) is 0 Å². The van der Waals surface area contributed by atoms with Crippen LogP contribution >= 0.6 is 0 Å². The molecule has 2 unspecified atom stereocenters. The minimum Gasteiger partial charge on any atom is -0.497 e. The van der Waals surface area contributed by atoms with E-state index >= 15 is 0 Å². The van der Waals surface area contributed by atoms with Crippen molar-refractivity contribution in [2.45, 2.75) is 31.6 Å². The van der Waals surface area contributed by atoms with E-state index < -0.39 is 0 Å². The quantitative estimate of drug-likeness (QED) is 0.755. The van der Waals surface area contributed by atoms with Crippen molar-refractivity contribution in [1.29, 1.82) is 0 Å². The lowest BCUT2D eigenvalue weighted by Crippen LogP contribution is -2.39. The van der Waals surface area contributed by atoms with E-state index in [-0.39, 0.29) is 24.2 Å². The standard InChI is InChI=1S/C14H17NO3/c1-9(16)15-8-13-14(18-13)12(15)7-10-3-5-11(17-2)6-4-10/h3-6,12-14H,7-8H2,1-2H3/t12-,13?,14?/m1/s1. The summed E-state index contributed by atoms with van der Waals surface area (Å²) in [6.45, 7) is 2.38. The number of rotatable bonds is 3. The van der Waals surface area contributed by atoms with Gasteiger partial charge in [-0.1, -0.05) is 12.1 Å². The summed E-state index contributed by atoms with van der Waals surface area (Å²) in [7, 11) is 1.66. The zero-order valence-corrected chi connectivity index (χ0v) is 10.6. The molecule has 0 spiro atoms. The Labute approximate surface area is 106 Å². The van der Waals surface area contributed by atoms with Crippen molar-refractivity contribution in [3.05, 3.63) is 29.8 Å². The second-order valence-corrected chi connectivity index (χ2v) is 4.93. The van der Waals surface area contributed by atoms with Crippen LogP contribution in [0.4, 0.5) is 0 Å². The molecule has 2 aliphatic heterocycles. The lowest BCUT2D eigenvalue weighted by atomic mass is 10.0. The first-order valence-electron chi connectivity index (χ1n) is 6.24. The average Bonchev–Trinajstić information content (AvgIpc) is 3.06. The van der Waals surface area contributed by atoms with Crippen molar-refractivity contribution >= 4 is 5.91 Å². The summed E-state index contributed by atoms with van der Waals surface area (Å²) in [6.07, 6.45) is 1.37. The normalized spacial score (nSPS) is 29.0. The summed E-state index contributed by atoms with van der Waals surface area (Å²) in [4.78, 5) is 13.5. The average molecular weight is 247 g/mol. The highest BCUT2D eigenvalue weighted by Crippen LogP contribution is 2.38. The summed E-state index contributed by atoms with van der Waals surface area (Å²) in [6, 6.07) is 8.20. The highest BCUT2D eigenvalue weighted by atomic mass is 16.6. The number of ether oxygens (including phenoxy) is 2. The summed E-state index contributed by atoms with van der Waals surface area (Å²) in [5.74, 6) is 0.999. The molecule has 0 aliphatic carbocycles. The Morgan fingerprint density at radius 3 is 2.78 bits per heavy atom. The fourth-order valence-corrected chi connectivity index (χ4v) is 2.74. The zero-order chi connectivity index (χ0) is 12.7. The summed E-state index contributed by atoms with van der Waals surface area (Å²) in [5, 5.41) is 0. The minimum absolute atomic E-state index is 0.143. The number of amides is 1. The van der Waals surface area contributed by atoms with Crippen molar-refractivity contribution < 1.29 is 14.3 Å². The van der Waals surface area contributed by atoms with Crippen molar-refractivity contribution in [2.24, 2.45) is 0 Å². The highest BCUT2D eigenvalue weighted by molar-refractivity contribution is 5.74. The van der Waals surface area contributed by atoms with E-state index in [9.17, 15) is 4.79 Å². The van der Waals surface area contributed by atoms with Crippen LogP contribution in [0.15, 0.2) is 24.3 Å². The molecule has 0 N–H and O–H groups in total. The van der Waals surface area contributed by atoms with Gasteiger partial charge in [-0.25, -0.2) is 0 Å². The number of hydrogen-bond acceptors (Lipinski definition) is 3. The van der Waals surface area contributed by atoms with E-state index in [4.69, 9.17) is 9.47 Å². The lowest BCUT2D eigenvalue weighted by Gasteiger charge is -2.25. The second-order valence-electron chi connectivity index (χ2n) is 4.93. The van der Waals surface area contributed by atoms with Crippen molar-refractivity contribution in [2.75, 3.05) is 13.7 Å². The number of nitrogens with zero attached hydrogens (tertiary/aromatic N) is 1. The van der Waals surface area contributed by atoms with Crippen molar-refractivity contribution in [3.8, 4) is 5.75 Å². The van der Waals surface area contributed by atoms with E-state index in [0.717, 1.165) is 18.7 Å². The van der Waals surface area contributed by atoms with Crippen LogP contribution < -0.4 is 4.74 Å². The van der Waals surface area contributed by atoms with Gasteiger partial charge in [0.2, 0.25) is 5.91 Å². The lowest BCUT2D eigenvalue weighted by molar-refractivity contribution is -0.131. The predicted molar refractivity (Wildman–Crippen MR) is 66.5 cm³/mol. The molecule has 0 bridgehead atoms. The first kappa shape index (κ1) is 11.5. The molecule has 0 saturated carbocycles. The monoisotopic (exact) mass is 247 g/mol. The van der Waals surface area contributed by atoms with Crippen LogP contribution in [0.25, 0.3) is 0 Å². The van der Waals surface area contributed by atoms with E-state index in [2.05, 4.69) is 0 Å². The van der Waals surface area contributed by atoms with Gasteiger partial charge in [-0.2, -0.15) is 0 Å². The van der Waals surface area contributed by atoms with Gasteiger partial charge in [0.15, 0.2) is 0 Å². The number of likely N-dealkylation sites (tertiary alicyclic amines) is 1.